The van der Waals surface area contributed by atoms with Gasteiger partial charge < -0.3 is 10.6 Å². The van der Waals surface area contributed by atoms with Crippen LogP contribution in [-0.4, -0.2) is 53.8 Å². The second-order valence-electron chi connectivity index (χ2n) is 5.40. The largest absolute Gasteiger partial charge is 0.382 e. The van der Waals surface area contributed by atoms with E-state index in [1.807, 2.05) is 12.1 Å². The van der Waals surface area contributed by atoms with E-state index < -0.39 is 0 Å². The van der Waals surface area contributed by atoms with Crippen LogP contribution in [0.5, 0.6) is 0 Å². The number of piperidine rings is 1. The molecule has 0 saturated carbocycles. The van der Waals surface area contributed by atoms with Crippen LogP contribution in [0.15, 0.2) is 18.3 Å². The van der Waals surface area contributed by atoms with Gasteiger partial charge in [0.25, 0.3) is 0 Å². The summed E-state index contributed by atoms with van der Waals surface area (Å²) in [6.45, 7) is 3.02. The predicted molar refractivity (Wildman–Crippen MR) is 77.2 cm³/mol. The number of rotatable bonds is 4. The van der Waals surface area contributed by atoms with Gasteiger partial charge in [0.05, 0.1) is 0 Å². The van der Waals surface area contributed by atoms with Gasteiger partial charge in [-0.1, -0.05) is 6.07 Å². The maximum Gasteiger partial charge on any atom is 0.142 e. The van der Waals surface area contributed by atoms with E-state index in [1.165, 1.54) is 12.8 Å². The van der Waals surface area contributed by atoms with E-state index in [2.05, 4.69) is 28.9 Å². The van der Waals surface area contributed by atoms with Crippen LogP contribution in [-0.2, 0) is 6.54 Å². The molecule has 0 spiro atoms. The smallest absolute Gasteiger partial charge is 0.142 e. The third-order valence-corrected chi connectivity index (χ3v) is 3.83. The fourth-order valence-electron chi connectivity index (χ4n) is 2.64. The number of likely N-dealkylation sites (tertiary alicyclic amines) is 1. The van der Waals surface area contributed by atoms with Crippen LogP contribution in [0.25, 0.3) is 0 Å². The molecule has 0 radical (unpaired) electrons. The Labute approximate surface area is 114 Å². The lowest BCUT2D eigenvalue weighted by Crippen LogP contribution is -2.41. The molecule has 1 aromatic rings. The molecule has 1 saturated heterocycles. The maximum absolute atomic E-state index is 7.57. The summed E-state index contributed by atoms with van der Waals surface area (Å²) in [6, 6.07) is 4.62. The van der Waals surface area contributed by atoms with Crippen molar-refractivity contribution in [1.29, 1.82) is 5.41 Å². The number of hydrogen-bond acceptors (Lipinski definition) is 4. The standard InChI is InChI=1S/C14H23N5/c1-18(2)12-5-8-19(9-6-12)10-11-4-3-7-17-13(11)14(15)16/h3-4,7,12H,5-6,8-10H2,1-2H3,(H3,15,16). The van der Waals surface area contributed by atoms with Crippen LogP contribution in [0, 0.1) is 5.41 Å². The van der Waals surface area contributed by atoms with Crippen molar-refractivity contribution in [2.24, 2.45) is 5.73 Å². The summed E-state index contributed by atoms with van der Waals surface area (Å²) in [5, 5.41) is 7.57. The summed E-state index contributed by atoms with van der Waals surface area (Å²) < 4.78 is 0. The normalized spacial score (nSPS) is 17.8. The first-order valence-corrected chi connectivity index (χ1v) is 6.75. The average Bonchev–Trinajstić information content (AvgIpc) is 2.39. The van der Waals surface area contributed by atoms with E-state index in [4.69, 9.17) is 11.1 Å². The van der Waals surface area contributed by atoms with Gasteiger partial charge in [-0.05, 0) is 51.7 Å². The van der Waals surface area contributed by atoms with E-state index in [-0.39, 0.29) is 5.84 Å². The number of nitrogens with zero attached hydrogens (tertiary/aromatic N) is 3. The minimum absolute atomic E-state index is 0.0544. The summed E-state index contributed by atoms with van der Waals surface area (Å²) in [7, 11) is 4.30. The highest BCUT2D eigenvalue weighted by molar-refractivity contribution is 5.94. The molecule has 0 atom stereocenters. The van der Waals surface area contributed by atoms with Gasteiger partial charge >= 0.3 is 0 Å². The molecular weight excluding hydrogens is 238 g/mol. The van der Waals surface area contributed by atoms with Gasteiger partial charge in [0, 0.05) is 18.8 Å². The van der Waals surface area contributed by atoms with Gasteiger partial charge in [0.1, 0.15) is 11.5 Å². The average molecular weight is 261 g/mol. The van der Waals surface area contributed by atoms with Crippen LogP contribution in [0.3, 0.4) is 0 Å². The van der Waals surface area contributed by atoms with E-state index in [1.54, 1.807) is 6.20 Å². The second-order valence-corrected chi connectivity index (χ2v) is 5.40. The van der Waals surface area contributed by atoms with Crippen molar-refractivity contribution in [2.45, 2.75) is 25.4 Å². The summed E-state index contributed by atoms with van der Waals surface area (Å²) >= 11 is 0. The van der Waals surface area contributed by atoms with Gasteiger partial charge in [-0.25, -0.2) is 0 Å². The molecule has 1 aliphatic heterocycles. The molecule has 0 amide bonds. The van der Waals surface area contributed by atoms with Crippen LogP contribution >= 0.6 is 0 Å². The van der Waals surface area contributed by atoms with Crippen LogP contribution < -0.4 is 5.73 Å². The Hall–Kier alpha value is -1.46. The molecule has 1 aromatic heterocycles. The molecule has 0 unspecified atom stereocenters. The number of aromatic nitrogens is 1. The van der Waals surface area contributed by atoms with Gasteiger partial charge in [-0.2, -0.15) is 0 Å². The van der Waals surface area contributed by atoms with Crippen molar-refractivity contribution in [3.63, 3.8) is 0 Å². The zero-order valence-electron chi connectivity index (χ0n) is 11.8. The Kier molecular flexibility index (Phi) is 4.50. The van der Waals surface area contributed by atoms with Crippen molar-refractivity contribution in [3.05, 3.63) is 29.6 Å². The van der Waals surface area contributed by atoms with Gasteiger partial charge in [0.15, 0.2) is 0 Å². The Bertz CT molecular complexity index is 435. The minimum Gasteiger partial charge on any atom is -0.382 e. The van der Waals surface area contributed by atoms with Crippen molar-refractivity contribution in [2.75, 3.05) is 27.2 Å². The molecule has 1 fully saturated rings. The zero-order valence-corrected chi connectivity index (χ0v) is 11.8. The highest BCUT2D eigenvalue weighted by Gasteiger charge is 2.21. The summed E-state index contributed by atoms with van der Waals surface area (Å²) in [4.78, 5) is 8.93. The number of nitrogens with two attached hydrogens (primary N) is 1. The highest BCUT2D eigenvalue weighted by Crippen LogP contribution is 2.17. The molecule has 19 heavy (non-hydrogen) atoms. The number of hydrogen-bond donors (Lipinski definition) is 2. The first kappa shape index (κ1) is 14.0. The topological polar surface area (TPSA) is 69.2 Å². The van der Waals surface area contributed by atoms with Crippen LogP contribution in [0.1, 0.15) is 24.1 Å². The first-order chi connectivity index (χ1) is 9.08. The van der Waals surface area contributed by atoms with Crippen molar-refractivity contribution < 1.29 is 0 Å². The summed E-state index contributed by atoms with van der Waals surface area (Å²) in [6.07, 6.45) is 4.09. The molecular formula is C14H23N5. The Morgan fingerprint density at radius 3 is 2.74 bits per heavy atom. The highest BCUT2D eigenvalue weighted by atomic mass is 15.2. The lowest BCUT2D eigenvalue weighted by Gasteiger charge is -2.35. The van der Waals surface area contributed by atoms with E-state index in [0.29, 0.717) is 11.7 Å². The molecule has 104 valence electrons. The number of nitrogen functional groups attached to an aromatic ring is 1. The van der Waals surface area contributed by atoms with Gasteiger partial charge in [0.2, 0.25) is 0 Å². The number of pyridine rings is 1. The van der Waals surface area contributed by atoms with E-state index >= 15 is 0 Å². The Morgan fingerprint density at radius 2 is 2.16 bits per heavy atom. The molecule has 2 heterocycles. The third kappa shape index (κ3) is 3.52. The molecule has 0 aliphatic carbocycles. The zero-order chi connectivity index (χ0) is 13.8. The van der Waals surface area contributed by atoms with Gasteiger partial charge in [-0.15, -0.1) is 0 Å². The third-order valence-electron chi connectivity index (χ3n) is 3.83. The molecule has 1 aliphatic rings. The monoisotopic (exact) mass is 261 g/mol. The Balaban J connectivity index is 1.98. The first-order valence-electron chi connectivity index (χ1n) is 6.75. The summed E-state index contributed by atoms with van der Waals surface area (Å²) in [5.74, 6) is 0.0544. The van der Waals surface area contributed by atoms with Crippen molar-refractivity contribution in [1.82, 2.24) is 14.8 Å². The Morgan fingerprint density at radius 1 is 1.47 bits per heavy atom. The molecule has 5 heteroatoms. The van der Waals surface area contributed by atoms with Crippen molar-refractivity contribution >= 4 is 5.84 Å². The number of nitrogens with one attached hydrogen (secondary N) is 1. The van der Waals surface area contributed by atoms with E-state index in [0.717, 1.165) is 25.2 Å². The lowest BCUT2D eigenvalue weighted by atomic mass is 10.0. The molecule has 2 rings (SSSR count). The molecule has 5 nitrogen and oxygen atoms in total. The van der Waals surface area contributed by atoms with E-state index in [9.17, 15) is 0 Å². The lowest BCUT2D eigenvalue weighted by molar-refractivity contribution is 0.140. The number of amidine groups is 1. The predicted octanol–water partition coefficient (Wildman–Crippen LogP) is 0.892. The minimum atomic E-state index is 0.0544. The SMILES string of the molecule is CN(C)C1CCN(Cc2cccnc2C(=N)N)CC1. The van der Waals surface area contributed by atoms with Crippen LogP contribution in [0.4, 0.5) is 0 Å². The molecule has 0 bridgehead atoms. The molecule has 3 N–H and O–H groups in total. The van der Waals surface area contributed by atoms with Crippen molar-refractivity contribution in [3.8, 4) is 0 Å². The fourth-order valence-corrected chi connectivity index (χ4v) is 2.64. The summed E-state index contributed by atoms with van der Waals surface area (Å²) in [5.41, 5.74) is 7.25. The van der Waals surface area contributed by atoms with Crippen LogP contribution in [0.2, 0.25) is 0 Å². The molecule has 0 aromatic carbocycles. The second kappa shape index (κ2) is 6.12. The maximum atomic E-state index is 7.57. The quantitative estimate of drug-likeness (QED) is 0.624. The van der Waals surface area contributed by atoms with Gasteiger partial charge in [-0.3, -0.25) is 15.3 Å². The fraction of sp³-hybridized carbons (Fsp3) is 0.571.